The second-order valence-corrected chi connectivity index (χ2v) is 5.46. The van der Waals surface area contributed by atoms with Crippen molar-refractivity contribution in [2.24, 2.45) is 0 Å². The fraction of sp³-hybridized carbons (Fsp3) is 0.667. The van der Waals surface area contributed by atoms with Crippen LogP contribution in [-0.4, -0.2) is 32.4 Å². The zero-order chi connectivity index (χ0) is 14.1. The lowest BCUT2D eigenvalue weighted by Crippen LogP contribution is -2.55. The summed E-state index contributed by atoms with van der Waals surface area (Å²) in [7, 11) is 0. The van der Waals surface area contributed by atoms with Gasteiger partial charge in [-0.25, -0.2) is 0 Å². The highest BCUT2D eigenvalue weighted by atomic mass is 35.5. The molecule has 1 rings (SSSR count). The van der Waals surface area contributed by atoms with Crippen molar-refractivity contribution in [2.75, 3.05) is 0 Å². The van der Waals surface area contributed by atoms with E-state index in [0.29, 0.717) is 10.7 Å². The Labute approximate surface area is 112 Å². The van der Waals surface area contributed by atoms with Crippen LogP contribution in [0.3, 0.4) is 0 Å². The number of carboxylic acids is 1. The molecule has 102 valence electrons. The maximum Gasteiger partial charge on any atom is 0.325 e. The van der Waals surface area contributed by atoms with E-state index in [1.165, 1.54) is 0 Å². The summed E-state index contributed by atoms with van der Waals surface area (Å²) in [6.07, 6.45) is 0. The smallest absolute Gasteiger partial charge is 0.325 e. The summed E-state index contributed by atoms with van der Waals surface area (Å²) in [5, 5.41) is 17.3. The molecule has 0 aliphatic carbocycles. The van der Waals surface area contributed by atoms with Gasteiger partial charge < -0.3 is 5.11 Å². The van der Waals surface area contributed by atoms with E-state index in [0.717, 1.165) is 5.69 Å². The molecule has 18 heavy (non-hydrogen) atoms. The Bertz CT molecular complexity index is 456. The lowest BCUT2D eigenvalue weighted by Gasteiger charge is -2.29. The minimum absolute atomic E-state index is 0.0681. The molecule has 0 bridgehead atoms. The molecular formula is C12H20ClN3O2. The van der Waals surface area contributed by atoms with Gasteiger partial charge in [0, 0.05) is 6.04 Å². The number of halogens is 1. The van der Waals surface area contributed by atoms with Crippen LogP contribution in [0.15, 0.2) is 0 Å². The predicted molar refractivity (Wildman–Crippen MR) is 71.0 cm³/mol. The van der Waals surface area contributed by atoms with Gasteiger partial charge in [-0.15, -0.1) is 0 Å². The topological polar surface area (TPSA) is 67.2 Å². The molecule has 2 N–H and O–H groups in total. The van der Waals surface area contributed by atoms with Crippen molar-refractivity contribution in [2.45, 2.75) is 52.7 Å². The highest BCUT2D eigenvalue weighted by Crippen LogP contribution is 2.21. The molecule has 1 atom stereocenters. The third-order valence-corrected chi connectivity index (χ3v) is 3.39. The molecule has 1 aromatic rings. The Morgan fingerprint density at radius 3 is 2.44 bits per heavy atom. The Morgan fingerprint density at radius 2 is 2.11 bits per heavy atom. The Hall–Kier alpha value is -1.07. The highest BCUT2D eigenvalue weighted by Gasteiger charge is 2.35. The number of aryl methyl sites for hydroxylation is 1. The van der Waals surface area contributed by atoms with Gasteiger partial charge in [-0.1, -0.05) is 11.6 Å². The molecule has 0 saturated heterocycles. The maximum atomic E-state index is 11.4. The van der Waals surface area contributed by atoms with Crippen LogP contribution in [-0.2, 0) is 11.3 Å². The quantitative estimate of drug-likeness (QED) is 0.861. The summed E-state index contributed by atoms with van der Waals surface area (Å²) >= 11 is 6.06. The summed E-state index contributed by atoms with van der Waals surface area (Å²) in [6.45, 7) is 9.35. The van der Waals surface area contributed by atoms with Gasteiger partial charge in [-0.3, -0.25) is 14.8 Å². The van der Waals surface area contributed by atoms with Crippen LogP contribution in [0.4, 0.5) is 0 Å². The highest BCUT2D eigenvalue weighted by molar-refractivity contribution is 6.31. The Morgan fingerprint density at radius 1 is 1.56 bits per heavy atom. The van der Waals surface area contributed by atoms with Crippen LogP contribution in [0.1, 0.15) is 32.2 Å². The van der Waals surface area contributed by atoms with Gasteiger partial charge in [-0.05, 0) is 34.6 Å². The van der Waals surface area contributed by atoms with E-state index in [1.807, 2.05) is 20.8 Å². The SMILES string of the molecule is Cc1nn(CC(C)(NC(C)C)C(=O)O)c(C)c1Cl. The minimum Gasteiger partial charge on any atom is -0.480 e. The largest absolute Gasteiger partial charge is 0.480 e. The van der Waals surface area contributed by atoms with Crippen molar-refractivity contribution in [1.29, 1.82) is 0 Å². The van der Waals surface area contributed by atoms with E-state index in [1.54, 1.807) is 18.5 Å². The first-order valence-corrected chi connectivity index (χ1v) is 6.26. The van der Waals surface area contributed by atoms with E-state index in [2.05, 4.69) is 10.4 Å². The fourth-order valence-electron chi connectivity index (χ4n) is 1.94. The van der Waals surface area contributed by atoms with Gasteiger partial charge in [0.05, 0.1) is 23.0 Å². The van der Waals surface area contributed by atoms with Crippen LogP contribution in [0, 0.1) is 13.8 Å². The third-order valence-electron chi connectivity index (χ3n) is 2.84. The standard InChI is InChI=1S/C12H20ClN3O2/c1-7(2)14-12(5,11(17)18)6-16-9(4)10(13)8(3)15-16/h7,14H,6H2,1-5H3,(H,17,18). The first-order valence-electron chi connectivity index (χ1n) is 5.88. The number of carbonyl (C=O) groups is 1. The Balaban J connectivity index is 3.04. The van der Waals surface area contributed by atoms with E-state index < -0.39 is 11.5 Å². The number of hydrogen-bond donors (Lipinski definition) is 2. The molecule has 1 heterocycles. The van der Waals surface area contributed by atoms with E-state index in [4.69, 9.17) is 11.6 Å². The fourth-order valence-corrected chi connectivity index (χ4v) is 2.08. The molecule has 1 unspecified atom stereocenters. The third kappa shape index (κ3) is 3.03. The number of hydrogen-bond acceptors (Lipinski definition) is 3. The molecule has 6 heteroatoms. The molecular weight excluding hydrogens is 254 g/mol. The summed E-state index contributed by atoms with van der Waals surface area (Å²) < 4.78 is 1.64. The molecule has 0 fully saturated rings. The van der Waals surface area contributed by atoms with Gasteiger partial charge in [0.25, 0.3) is 0 Å². The normalized spacial score (nSPS) is 14.8. The van der Waals surface area contributed by atoms with Crippen molar-refractivity contribution < 1.29 is 9.90 Å². The molecule has 0 aliphatic rings. The van der Waals surface area contributed by atoms with Gasteiger partial charge in [0.1, 0.15) is 5.54 Å². The van der Waals surface area contributed by atoms with Gasteiger partial charge in [-0.2, -0.15) is 5.10 Å². The van der Waals surface area contributed by atoms with Crippen molar-refractivity contribution in [3.05, 3.63) is 16.4 Å². The molecule has 0 aromatic carbocycles. The zero-order valence-corrected chi connectivity index (χ0v) is 12.2. The van der Waals surface area contributed by atoms with Crippen LogP contribution in [0.2, 0.25) is 5.02 Å². The zero-order valence-electron chi connectivity index (χ0n) is 11.4. The van der Waals surface area contributed by atoms with E-state index >= 15 is 0 Å². The number of nitrogens with one attached hydrogen (secondary N) is 1. The molecule has 0 amide bonds. The number of nitrogens with zero attached hydrogens (tertiary/aromatic N) is 2. The average molecular weight is 274 g/mol. The van der Waals surface area contributed by atoms with E-state index in [9.17, 15) is 9.90 Å². The van der Waals surface area contributed by atoms with Crippen molar-refractivity contribution >= 4 is 17.6 Å². The Kier molecular flexibility index (Phi) is 4.40. The number of aliphatic carboxylic acids is 1. The average Bonchev–Trinajstić information content (AvgIpc) is 2.45. The van der Waals surface area contributed by atoms with Crippen LogP contribution in [0.25, 0.3) is 0 Å². The first-order chi connectivity index (χ1) is 8.17. The summed E-state index contributed by atoms with van der Waals surface area (Å²) in [5.74, 6) is -0.903. The summed E-state index contributed by atoms with van der Waals surface area (Å²) in [6, 6.07) is 0.0681. The molecule has 0 spiro atoms. The van der Waals surface area contributed by atoms with Crippen LogP contribution in [0.5, 0.6) is 0 Å². The maximum absolute atomic E-state index is 11.4. The molecule has 0 radical (unpaired) electrons. The second kappa shape index (κ2) is 5.28. The number of rotatable bonds is 5. The van der Waals surface area contributed by atoms with Crippen molar-refractivity contribution in [3.63, 3.8) is 0 Å². The van der Waals surface area contributed by atoms with Crippen molar-refractivity contribution in [3.8, 4) is 0 Å². The van der Waals surface area contributed by atoms with Crippen molar-refractivity contribution in [1.82, 2.24) is 15.1 Å². The minimum atomic E-state index is -1.07. The van der Waals surface area contributed by atoms with Gasteiger partial charge in [0.2, 0.25) is 0 Å². The number of aromatic nitrogens is 2. The summed E-state index contributed by atoms with van der Waals surface area (Å²) in [5.41, 5.74) is 0.430. The lowest BCUT2D eigenvalue weighted by atomic mass is 10.0. The monoisotopic (exact) mass is 273 g/mol. The summed E-state index contributed by atoms with van der Waals surface area (Å²) in [4.78, 5) is 11.4. The second-order valence-electron chi connectivity index (χ2n) is 5.08. The van der Waals surface area contributed by atoms with Crippen LogP contribution >= 0.6 is 11.6 Å². The van der Waals surface area contributed by atoms with Gasteiger partial charge in [0.15, 0.2) is 0 Å². The lowest BCUT2D eigenvalue weighted by molar-refractivity contribution is -0.145. The molecule has 1 aromatic heterocycles. The van der Waals surface area contributed by atoms with Gasteiger partial charge >= 0.3 is 5.97 Å². The molecule has 0 saturated carbocycles. The predicted octanol–water partition coefficient (Wildman–Crippen LogP) is 1.99. The first kappa shape index (κ1) is 15.0. The van der Waals surface area contributed by atoms with E-state index in [-0.39, 0.29) is 12.6 Å². The molecule has 0 aliphatic heterocycles. The number of carboxylic acid groups (broad SMARTS) is 1. The van der Waals surface area contributed by atoms with Crippen LogP contribution < -0.4 is 5.32 Å². The molecule has 5 nitrogen and oxygen atoms in total.